The number of aromatic nitrogens is 3. The quantitative estimate of drug-likeness (QED) is 0.673. The molecule has 1 aromatic carbocycles. The standard InChI is InChI=1S/C13H8F3N3/c14-13(15,16)11-6-7-17-12-8-10(18-19(11)12)9-4-2-1-3-5-9/h1-8H. The summed E-state index contributed by atoms with van der Waals surface area (Å²) in [5, 5.41) is 3.98. The van der Waals surface area contributed by atoms with Crippen molar-refractivity contribution >= 4 is 5.65 Å². The molecule has 0 bridgehead atoms. The minimum atomic E-state index is -4.46. The molecule has 0 aliphatic carbocycles. The number of rotatable bonds is 1. The summed E-state index contributed by atoms with van der Waals surface area (Å²) in [4.78, 5) is 3.90. The molecule has 3 nitrogen and oxygen atoms in total. The van der Waals surface area contributed by atoms with Gasteiger partial charge >= 0.3 is 6.18 Å². The van der Waals surface area contributed by atoms with Gasteiger partial charge in [-0.2, -0.15) is 18.3 Å². The van der Waals surface area contributed by atoms with Crippen LogP contribution in [-0.2, 0) is 6.18 Å². The lowest BCUT2D eigenvalue weighted by Crippen LogP contribution is -2.12. The Balaban J connectivity index is 2.22. The highest BCUT2D eigenvalue weighted by molar-refractivity contribution is 5.63. The lowest BCUT2D eigenvalue weighted by Gasteiger charge is -2.07. The highest BCUT2D eigenvalue weighted by atomic mass is 19.4. The van der Waals surface area contributed by atoms with Gasteiger partial charge in [0.25, 0.3) is 0 Å². The Morgan fingerprint density at radius 1 is 1.00 bits per heavy atom. The van der Waals surface area contributed by atoms with Crippen LogP contribution in [0.2, 0.25) is 0 Å². The van der Waals surface area contributed by atoms with E-state index < -0.39 is 11.9 Å². The molecule has 0 radical (unpaired) electrons. The molecule has 2 heterocycles. The van der Waals surface area contributed by atoms with Crippen molar-refractivity contribution < 1.29 is 13.2 Å². The van der Waals surface area contributed by atoms with Gasteiger partial charge in [0.1, 0.15) is 5.69 Å². The molecule has 0 N–H and O–H groups in total. The highest BCUT2D eigenvalue weighted by Crippen LogP contribution is 2.30. The summed E-state index contributed by atoms with van der Waals surface area (Å²) in [5.74, 6) is 0. The molecular weight excluding hydrogens is 255 g/mol. The Kier molecular flexibility index (Phi) is 2.51. The predicted octanol–water partition coefficient (Wildman–Crippen LogP) is 3.42. The number of nitrogens with zero attached hydrogens (tertiary/aromatic N) is 3. The van der Waals surface area contributed by atoms with E-state index in [1.54, 1.807) is 24.3 Å². The van der Waals surface area contributed by atoms with Crippen molar-refractivity contribution in [1.82, 2.24) is 14.6 Å². The number of alkyl halides is 3. The number of benzene rings is 1. The summed E-state index contributed by atoms with van der Waals surface area (Å²) in [5.41, 5.74) is 0.555. The van der Waals surface area contributed by atoms with Crippen LogP contribution in [0.3, 0.4) is 0 Å². The topological polar surface area (TPSA) is 30.2 Å². The van der Waals surface area contributed by atoms with E-state index in [1.165, 1.54) is 6.07 Å². The molecule has 0 amide bonds. The van der Waals surface area contributed by atoms with Crippen LogP contribution < -0.4 is 0 Å². The van der Waals surface area contributed by atoms with E-state index in [0.717, 1.165) is 22.3 Å². The van der Waals surface area contributed by atoms with Gasteiger partial charge in [0.2, 0.25) is 0 Å². The van der Waals surface area contributed by atoms with Gasteiger partial charge in [-0.15, -0.1) is 0 Å². The third-order valence-electron chi connectivity index (χ3n) is 2.72. The first kappa shape index (κ1) is 11.7. The van der Waals surface area contributed by atoms with E-state index in [0.29, 0.717) is 5.69 Å². The monoisotopic (exact) mass is 263 g/mol. The second-order valence-corrected chi connectivity index (χ2v) is 3.99. The molecule has 96 valence electrons. The Bertz CT molecular complexity index is 717. The van der Waals surface area contributed by atoms with Crippen molar-refractivity contribution in [2.45, 2.75) is 6.18 Å². The highest BCUT2D eigenvalue weighted by Gasteiger charge is 2.34. The van der Waals surface area contributed by atoms with Crippen molar-refractivity contribution in [3.63, 3.8) is 0 Å². The van der Waals surface area contributed by atoms with Crippen LogP contribution in [0.4, 0.5) is 13.2 Å². The zero-order valence-corrected chi connectivity index (χ0v) is 9.59. The zero-order chi connectivity index (χ0) is 13.5. The zero-order valence-electron chi connectivity index (χ0n) is 9.59. The van der Waals surface area contributed by atoms with E-state index in [1.807, 2.05) is 6.07 Å². The van der Waals surface area contributed by atoms with Gasteiger partial charge in [-0.05, 0) is 6.07 Å². The summed E-state index contributed by atoms with van der Waals surface area (Å²) in [6, 6.07) is 11.5. The maximum Gasteiger partial charge on any atom is 0.433 e. The van der Waals surface area contributed by atoms with Gasteiger partial charge in [-0.1, -0.05) is 30.3 Å². The van der Waals surface area contributed by atoms with Gasteiger partial charge < -0.3 is 0 Å². The minimum absolute atomic E-state index is 0.175. The van der Waals surface area contributed by atoms with Gasteiger partial charge in [-0.25, -0.2) is 9.50 Å². The Morgan fingerprint density at radius 3 is 2.42 bits per heavy atom. The Morgan fingerprint density at radius 2 is 1.74 bits per heavy atom. The summed E-state index contributed by atoms with van der Waals surface area (Å²) in [6.07, 6.45) is -3.32. The summed E-state index contributed by atoms with van der Waals surface area (Å²) in [7, 11) is 0. The molecule has 0 saturated carbocycles. The van der Waals surface area contributed by atoms with Crippen LogP contribution in [0.5, 0.6) is 0 Å². The molecule has 0 unspecified atom stereocenters. The predicted molar refractivity (Wildman–Crippen MR) is 63.4 cm³/mol. The third-order valence-corrected chi connectivity index (χ3v) is 2.72. The molecule has 0 atom stereocenters. The Labute approximate surface area is 106 Å². The average molecular weight is 263 g/mol. The maximum absolute atomic E-state index is 12.8. The van der Waals surface area contributed by atoms with Crippen LogP contribution in [0.25, 0.3) is 16.9 Å². The fraction of sp³-hybridized carbons (Fsp3) is 0.0769. The third kappa shape index (κ3) is 2.05. The lowest BCUT2D eigenvalue weighted by molar-refractivity contribution is -0.142. The van der Waals surface area contributed by atoms with Crippen molar-refractivity contribution in [3.05, 3.63) is 54.4 Å². The summed E-state index contributed by atoms with van der Waals surface area (Å²) < 4.78 is 39.3. The van der Waals surface area contributed by atoms with Crippen molar-refractivity contribution in [3.8, 4) is 11.3 Å². The van der Waals surface area contributed by atoms with Crippen molar-refractivity contribution in [1.29, 1.82) is 0 Å². The van der Waals surface area contributed by atoms with Crippen molar-refractivity contribution in [2.75, 3.05) is 0 Å². The molecule has 0 saturated heterocycles. The first-order chi connectivity index (χ1) is 9.05. The van der Waals surface area contributed by atoms with Gasteiger partial charge in [0.15, 0.2) is 5.65 Å². The fourth-order valence-corrected chi connectivity index (χ4v) is 1.86. The van der Waals surface area contributed by atoms with Crippen LogP contribution in [0.15, 0.2) is 48.7 Å². The molecule has 19 heavy (non-hydrogen) atoms. The molecule has 0 aliphatic heterocycles. The minimum Gasteiger partial charge on any atom is -0.237 e. The number of hydrogen-bond acceptors (Lipinski definition) is 2. The smallest absolute Gasteiger partial charge is 0.237 e. The van der Waals surface area contributed by atoms with Crippen LogP contribution in [0.1, 0.15) is 5.69 Å². The largest absolute Gasteiger partial charge is 0.433 e. The average Bonchev–Trinajstić information content (AvgIpc) is 2.82. The molecule has 3 rings (SSSR count). The van der Waals surface area contributed by atoms with Crippen LogP contribution in [0, 0.1) is 0 Å². The van der Waals surface area contributed by atoms with Crippen LogP contribution in [-0.4, -0.2) is 14.6 Å². The maximum atomic E-state index is 12.8. The van der Waals surface area contributed by atoms with Crippen molar-refractivity contribution in [2.24, 2.45) is 0 Å². The van der Waals surface area contributed by atoms with E-state index in [9.17, 15) is 13.2 Å². The molecule has 0 spiro atoms. The lowest BCUT2D eigenvalue weighted by atomic mass is 10.2. The molecule has 2 aromatic heterocycles. The molecule has 0 fully saturated rings. The first-order valence-corrected chi connectivity index (χ1v) is 5.53. The number of fused-ring (bicyclic) bond motifs is 1. The number of halogens is 3. The normalized spacial score (nSPS) is 11.9. The number of hydrogen-bond donors (Lipinski definition) is 0. The van der Waals surface area contributed by atoms with E-state index >= 15 is 0 Å². The van der Waals surface area contributed by atoms with E-state index in [2.05, 4.69) is 10.1 Å². The SMILES string of the molecule is FC(F)(F)c1ccnc2cc(-c3ccccc3)nn12. The fourth-order valence-electron chi connectivity index (χ4n) is 1.86. The Hall–Kier alpha value is -2.37. The van der Waals surface area contributed by atoms with Crippen LogP contribution >= 0.6 is 0 Å². The summed E-state index contributed by atoms with van der Waals surface area (Å²) in [6.45, 7) is 0. The van der Waals surface area contributed by atoms with Gasteiger partial charge in [-0.3, -0.25) is 0 Å². The first-order valence-electron chi connectivity index (χ1n) is 5.53. The van der Waals surface area contributed by atoms with E-state index in [-0.39, 0.29) is 5.65 Å². The second kappa shape index (κ2) is 4.08. The van der Waals surface area contributed by atoms with Gasteiger partial charge in [0, 0.05) is 17.8 Å². The molecule has 6 heteroatoms. The molecule has 3 aromatic rings. The van der Waals surface area contributed by atoms with E-state index in [4.69, 9.17) is 0 Å². The molecular formula is C13H8F3N3. The second-order valence-electron chi connectivity index (χ2n) is 3.99. The van der Waals surface area contributed by atoms with Gasteiger partial charge in [0.05, 0.1) is 5.69 Å². The summed E-state index contributed by atoms with van der Waals surface area (Å²) >= 11 is 0. The molecule has 0 aliphatic rings.